The summed E-state index contributed by atoms with van der Waals surface area (Å²) in [7, 11) is 3.64. The molecule has 10 heteroatoms. The SMILES string of the molecule is C=C/N=C(NC(C#N)CN(C)C)\C(C=N)=C(/C)Nc1ccc(OC(F)(F)F)cc1. The first kappa shape index (κ1) is 23.7. The van der Waals surface area contributed by atoms with Crippen LogP contribution in [0.4, 0.5) is 18.9 Å². The molecule has 29 heavy (non-hydrogen) atoms. The highest BCUT2D eigenvalue weighted by Gasteiger charge is 2.30. The van der Waals surface area contributed by atoms with Gasteiger partial charge in [-0.3, -0.25) is 0 Å². The summed E-state index contributed by atoms with van der Waals surface area (Å²) in [5, 5.41) is 23.0. The van der Waals surface area contributed by atoms with Gasteiger partial charge in [0.05, 0.1) is 11.6 Å². The summed E-state index contributed by atoms with van der Waals surface area (Å²) < 4.78 is 40.6. The predicted molar refractivity (Wildman–Crippen MR) is 107 cm³/mol. The minimum absolute atomic E-state index is 0.269. The van der Waals surface area contributed by atoms with Crippen molar-refractivity contribution >= 4 is 17.7 Å². The molecule has 0 aliphatic heterocycles. The van der Waals surface area contributed by atoms with Crippen molar-refractivity contribution in [1.29, 1.82) is 10.7 Å². The zero-order valence-electron chi connectivity index (χ0n) is 16.3. The monoisotopic (exact) mass is 408 g/mol. The van der Waals surface area contributed by atoms with E-state index in [-0.39, 0.29) is 11.6 Å². The zero-order valence-corrected chi connectivity index (χ0v) is 16.3. The Labute approximate surface area is 167 Å². The number of rotatable bonds is 9. The quantitative estimate of drug-likeness (QED) is 0.429. The number of benzene rings is 1. The third kappa shape index (κ3) is 8.49. The van der Waals surface area contributed by atoms with Crippen LogP contribution in [-0.2, 0) is 0 Å². The second-order valence-corrected chi connectivity index (χ2v) is 6.13. The lowest BCUT2D eigenvalue weighted by molar-refractivity contribution is -0.274. The van der Waals surface area contributed by atoms with Crippen LogP contribution in [0.3, 0.4) is 0 Å². The molecule has 0 aromatic heterocycles. The molecule has 156 valence electrons. The van der Waals surface area contributed by atoms with Gasteiger partial charge in [0.25, 0.3) is 0 Å². The summed E-state index contributed by atoms with van der Waals surface area (Å²) in [4.78, 5) is 5.94. The number of nitriles is 1. The smallest absolute Gasteiger partial charge is 0.406 e. The number of aliphatic imine (C=N–C) groups is 1. The average molecular weight is 408 g/mol. The molecule has 0 radical (unpaired) electrons. The lowest BCUT2D eigenvalue weighted by atomic mass is 10.1. The van der Waals surface area contributed by atoms with Gasteiger partial charge in [-0.15, -0.1) is 13.2 Å². The molecule has 0 aliphatic carbocycles. The molecule has 3 N–H and O–H groups in total. The Hall–Kier alpha value is -3.32. The van der Waals surface area contributed by atoms with Crippen LogP contribution in [0.15, 0.2) is 53.3 Å². The van der Waals surface area contributed by atoms with Crippen LogP contribution < -0.4 is 15.4 Å². The highest BCUT2D eigenvalue weighted by molar-refractivity contribution is 6.15. The molecule has 0 spiro atoms. The molecule has 0 bridgehead atoms. The molecule has 0 fully saturated rings. The topological polar surface area (TPSA) is 96.5 Å². The Morgan fingerprint density at radius 2 is 2.00 bits per heavy atom. The normalized spacial score (nSPS) is 13.8. The highest BCUT2D eigenvalue weighted by atomic mass is 19.4. The van der Waals surface area contributed by atoms with Crippen molar-refractivity contribution in [2.24, 2.45) is 4.99 Å². The first-order valence-electron chi connectivity index (χ1n) is 8.43. The van der Waals surface area contributed by atoms with Crippen LogP contribution in [0.1, 0.15) is 6.92 Å². The van der Waals surface area contributed by atoms with E-state index in [0.717, 1.165) is 6.21 Å². The van der Waals surface area contributed by atoms with E-state index in [4.69, 9.17) is 5.41 Å². The van der Waals surface area contributed by atoms with Crippen molar-refractivity contribution in [2.45, 2.75) is 19.3 Å². The molecule has 0 aliphatic rings. The average Bonchev–Trinajstić information content (AvgIpc) is 2.61. The van der Waals surface area contributed by atoms with Gasteiger partial charge in [0.2, 0.25) is 0 Å². The van der Waals surface area contributed by atoms with E-state index in [9.17, 15) is 18.4 Å². The minimum atomic E-state index is -4.76. The number of alkyl halides is 3. The van der Waals surface area contributed by atoms with Gasteiger partial charge in [-0.2, -0.15) is 5.26 Å². The van der Waals surface area contributed by atoms with E-state index in [1.54, 1.807) is 6.92 Å². The highest BCUT2D eigenvalue weighted by Crippen LogP contribution is 2.24. The van der Waals surface area contributed by atoms with Gasteiger partial charge in [-0.05, 0) is 45.3 Å². The lowest BCUT2D eigenvalue weighted by Crippen LogP contribution is -2.42. The maximum absolute atomic E-state index is 12.3. The summed E-state index contributed by atoms with van der Waals surface area (Å²) in [5.41, 5.74) is 1.35. The largest absolute Gasteiger partial charge is 0.573 e. The number of anilines is 1. The first-order chi connectivity index (χ1) is 13.6. The van der Waals surface area contributed by atoms with Crippen molar-refractivity contribution in [1.82, 2.24) is 10.2 Å². The molecule has 1 atom stereocenters. The van der Waals surface area contributed by atoms with Crippen LogP contribution in [0.25, 0.3) is 0 Å². The van der Waals surface area contributed by atoms with Gasteiger partial charge in [-0.25, -0.2) is 4.99 Å². The summed E-state index contributed by atoms with van der Waals surface area (Å²) in [5.74, 6) is -0.0708. The van der Waals surface area contributed by atoms with Gasteiger partial charge in [0.1, 0.15) is 17.6 Å². The molecule has 1 aromatic rings. The first-order valence-corrected chi connectivity index (χ1v) is 8.43. The number of ether oxygens (including phenoxy) is 1. The van der Waals surface area contributed by atoms with Crippen molar-refractivity contribution < 1.29 is 17.9 Å². The number of hydrogen-bond donors (Lipinski definition) is 3. The fourth-order valence-corrected chi connectivity index (χ4v) is 2.30. The Bertz CT molecular complexity index is 807. The number of allylic oxidation sites excluding steroid dienone is 1. The van der Waals surface area contributed by atoms with Crippen LogP contribution >= 0.6 is 0 Å². The van der Waals surface area contributed by atoms with Gasteiger partial charge < -0.3 is 25.7 Å². The molecular weight excluding hydrogens is 385 g/mol. The molecule has 0 saturated heterocycles. The van der Waals surface area contributed by atoms with Gasteiger partial charge in [0, 0.05) is 30.3 Å². The number of halogens is 3. The molecule has 1 unspecified atom stereocenters. The van der Waals surface area contributed by atoms with E-state index in [0.29, 0.717) is 23.5 Å². The molecule has 1 rings (SSSR count). The van der Waals surface area contributed by atoms with Crippen LogP contribution in [0.2, 0.25) is 0 Å². The summed E-state index contributed by atoms with van der Waals surface area (Å²) >= 11 is 0. The van der Waals surface area contributed by atoms with Crippen LogP contribution in [0, 0.1) is 16.7 Å². The number of nitrogens with one attached hydrogen (secondary N) is 3. The maximum Gasteiger partial charge on any atom is 0.573 e. The molecule has 1 aromatic carbocycles. The summed E-state index contributed by atoms with van der Waals surface area (Å²) in [6.45, 7) is 5.65. The van der Waals surface area contributed by atoms with E-state index in [2.05, 4.69) is 33.0 Å². The van der Waals surface area contributed by atoms with Crippen molar-refractivity contribution in [3.63, 3.8) is 0 Å². The molecule has 7 nitrogen and oxygen atoms in total. The lowest BCUT2D eigenvalue weighted by Gasteiger charge is -2.20. The van der Waals surface area contributed by atoms with Gasteiger partial charge in [-0.1, -0.05) is 6.58 Å². The Balaban J connectivity index is 3.06. The van der Waals surface area contributed by atoms with E-state index in [1.165, 1.54) is 30.5 Å². The van der Waals surface area contributed by atoms with Crippen LogP contribution in [-0.4, -0.2) is 50.0 Å². The van der Waals surface area contributed by atoms with E-state index < -0.39 is 12.4 Å². The fraction of sp³-hybridized carbons (Fsp3) is 0.316. The Kier molecular flexibility index (Phi) is 8.89. The van der Waals surface area contributed by atoms with E-state index in [1.807, 2.05) is 19.0 Å². The summed E-state index contributed by atoms with van der Waals surface area (Å²) in [6.07, 6.45) is -2.42. The second-order valence-electron chi connectivity index (χ2n) is 6.13. The molecule has 0 heterocycles. The number of nitrogens with zero attached hydrogens (tertiary/aromatic N) is 3. The third-order valence-corrected chi connectivity index (χ3v) is 3.46. The zero-order chi connectivity index (χ0) is 22.0. The minimum Gasteiger partial charge on any atom is -0.406 e. The predicted octanol–water partition coefficient (Wildman–Crippen LogP) is 3.51. The molecular formula is C19H23F3N6O. The van der Waals surface area contributed by atoms with Crippen molar-refractivity contribution in [3.8, 4) is 11.8 Å². The third-order valence-electron chi connectivity index (χ3n) is 3.46. The number of hydrogen-bond acceptors (Lipinski definition) is 6. The standard InChI is InChI=1S/C19H23F3N6O/c1-5-25-18(27-15(10-23)12-28(3)4)17(11-24)13(2)26-14-6-8-16(9-7-14)29-19(20,21)22/h5-9,11,15,24,26H,1,12H2,2-4H3,(H,25,27)/b17-13+,24-11?. The Morgan fingerprint density at radius 3 is 2.45 bits per heavy atom. The molecule has 0 amide bonds. The number of likely N-dealkylation sites (N-methyl/N-ethyl adjacent to an activating group) is 1. The van der Waals surface area contributed by atoms with Crippen LogP contribution in [0.5, 0.6) is 5.75 Å². The van der Waals surface area contributed by atoms with Crippen molar-refractivity contribution in [2.75, 3.05) is 26.0 Å². The Morgan fingerprint density at radius 1 is 1.38 bits per heavy atom. The van der Waals surface area contributed by atoms with Gasteiger partial charge in [0.15, 0.2) is 0 Å². The van der Waals surface area contributed by atoms with E-state index >= 15 is 0 Å². The fourth-order valence-electron chi connectivity index (χ4n) is 2.30. The number of amidine groups is 1. The molecule has 0 saturated carbocycles. The van der Waals surface area contributed by atoms with Crippen molar-refractivity contribution in [3.05, 3.63) is 48.3 Å². The second kappa shape index (κ2) is 10.9. The summed E-state index contributed by atoms with van der Waals surface area (Å²) in [6, 6.07) is 6.71. The maximum atomic E-state index is 12.3. The van der Waals surface area contributed by atoms with Gasteiger partial charge >= 0.3 is 6.36 Å².